The zero-order valence-electron chi connectivity index (χ0n) is 22.4. The van der Waals surface area contributed by atoms with Gasteiger partial charge in [-0.25, -0.2) is 0 Å². The second-order valence-electron chi connectivity index (χ2n) is 10.6. The highest BCUT2D eigenvalue weighted by molar-refractivity contribution is 5.87. The van der Waals surface area contributed by atoms with Crippen LogP contribution in [0.25, 0.3) is 0 Å². The monoisotopic (exact) mass is 524 g/mol. The summed E-state index contributed by atoms with van der Waals surface area (Å²) in [6.07, 6.45) is 5.35. The van der Waals surface area contributed by atoms with E-state index in [-0.39, 0.29) is 5.91 Å². The summed E-state index contributed by atoms with van der Waals surface area (Å²) in [5, 5.41) is 0. The lowest BCUT2D eigenvalue weighted by atomic mass is 9.90. The highest BCUT2D eigenvalue weighted by atomic mass is 16.5. The van der Waals surface area contributed by atoms with Gasteiger partial charge in [-0.1, -0.05) is 49.0 Å². The number of para-hydroxylation sites is 1. The Labute approximate surface area is 230 Å². The molecule has 1 atom stereocenters. The Hall–Kier alpha value is -3.91. The van der Waals surface area contributed by atoms with Gasteiger partial charge in [-0.15, -0.1) is 0 Å². The Bertz CT molecular complexity index is 1370. The average Bonchev–Trinajstić information content (AvgIpc) is 3.43. The SMILES string of the molecule is C=CC(=O)N1CCN(c2nc(OCc3cccc(CN)c3)nc3c2CC[C@@H](N2CCc4ccccc42)C3)CC1. The van der Waals surface area contributed by atoms with Crippen LogP contribution in [0.15, 0.2) is 61.2 Å². The van der Waals surface area contributed by atoms with Crippen molar-refractivity contribution in [3.05, 3.63) is 89.1 Å². The molecule has 3 aromatic rings. The molecule has 1 aromatic heterocycles. The van der Waals surface area contributed by atoms with Gasteiger partial charge >= 0.3 is 6.01 Å². The molecule has 3 heterocycles. The number of hydrogen-bond donors (Lipinski definition) is 1. The Morgan fingerprint density at radius 3 is 2.67 bits per heavy atom. The molecule has 2 aliphatic heterocycles. The zero-order valence-corrected chi connectivity index (χ0v) is 22.4. The molecular formula is C31H36N6O2. The number of nitrogens with two attached hydrogens (primary N) is 1. The molecule has 2 aromatic carbocycles. The Morgan fingerprint density at radius 2 is 1.85 bits per heavy atom. The van der Waals surface area contributed by atoms with Crippen molar-refractivity contribution in [1.82, 2.24) is 14.9 Å². The first kappa shape index (κ1) is 25.4. The second-order valence-corrected chi connectivity index (χ2v) is 10.6. The van der Waals surface area contributed by atoms with E-state index in [1.54, 1.807) is 0 Å². The molecule has 6 rings (SSSR count). The molecule has 0 unspecified atom stereocenters. The minimum absolute atomic E-state index is 0.0168. The number of anilines is 2. The Kier molecular flexibility index (Phi) is 7.20. The van der Waals surface area contributed by atoms with E-state index in [4.69, 9.17) is 20.4 Å². The van der Waals surface area contributed by atoms with E-state index < -0.39 is 0 Å². The largest absolute Gasteiger partial charge is 0.459 e. The van der Waals surface area contributed by atoms with E-state index in [2.05, 4.69) is 46.7 Å². The first-order valence-electron chi connectivity index (χ1n) is 13.9. The molecule has 39 heavy (non-hydrogen) atoms. The zero-order chi connectivity index (χ0) is 26.8. The maximum atomic E-state index is 12.1. The summed E-state index contributed by atoms with van der Waals surface area (Å²) in [6, 6.07) is 17.7. The molecule has 0 bridgehead atoms. The normalized spacial score (nSPS) is 18.5. The molecule has 1 amide bonds. The summed E-state index contributed by atoms with van der Waals surface area (Å²) in [6.45, 7) is 8.33. The van der Waals surface area contributed by atoms with Gasteiger partial charge in [-0.3, -0.25) is 4.79 Å². The first-order chi connectivity index (χ1) is 19.1. The number of nitrogens with zero attached hydrogens (tertiary/aromatic N) is 5. The van der Waals surface area contributed by atoms with Crippen molar-refractivity contribution in [2.24, 2.45) is 5.73 Å². The minimum Gasteiger partial charge on any atom is -0.459 e. The van der Waals surface area contributed by atoms with Crippen LogP contribution in [0.3, 0.4) is 0 Å². The predicted molar refractivity (Wildman–Crippen MR) is 153 cm³/mol. The number of piperazine rings is 1. The van der Waals surface area contributed by atoms with Gasteiger partial charge in [0, 0.05) is 63.0 Å². The minimum atomic E-state index is -0.0168. The van der Waals surface area contributed by atoms with E-state index >= 15 is 0 Å². The lowest BCUT2D eigenvalue weighted by Crippen LogP contribution is -2.49. The van der Waals surface area contributed by atoms with Gasteiger partial charge in [-0.05, 0) is 48.1 Å². The molecule has 1 aliphatic carbocycles. The molecule has 1 fully saturated rings. The molecule has 8 nitrogen and oxygen atoms in total. The number of hydrogen-bond acceptors (Lipinski definition) is 7. The van der Waals surface area contributed by atoms with Crippen molar-refractivity contribution >= 4 is 17.4 Å². The van der Waals surface area contributed by atoms with Crippen molar-refractivity contribution in [2.45, 2.75) is 44.9 Å². The van der Waals surface area contributed by atoms with E-state index in [9.17, 15) is 4.79 Å². The lowest BCUT2D eigenvalue weighted by Gasteiger charge is -2.38. The van der Waals surface area contributed by atoms with Crippen LogP contribution in [0.2, 0.25) is 0 Å². The predicted octanol–water partition coefficient (Wildman–Crippen LogP) is 3.27. The lowest BCUT2D eigenvalue weighted by molar-refractivity contribution is -0.126. The maximum Gasteiger partial charge on any atom is 0.318 e. The highest BCUT2D eigenvalue weighted by Gasteiger charge is 2.33. The maximum absolute atomic E-state index is 12.1. The van der Waals surface area contributed by atoms with Crippen LogP contribution in [0, 0.1) is 0 Å². The topological polar surface area (TPSA) is 87.8 Å². The number of fused-ring (bicyclic) bond motifs is 2. The summed E-state index contributed by atoms with van der Waals surface area (Å²) in [7, 11) is 0. The van der Waals surface area contributed by atoms with Crippen molar-refractivity contribution < 1.29 is 9.53 Å². The fraction of sp³-hybridized carbons (Fsp3) is 0.387. The molecule has 202 valence electrons. The summed E-state index contributed by atoms with van der Waals surface area (Å²) >= 11 is 0. The van der Waals surface area contributed by atoms with Crippen LogP contribution in [0.1, 0.15) is 34.4 Å². The second kappa shape index (κ2) is 11.1. The quantitative estimate of drug-likeness (QED) is 0.475. The third kappa shape index (κ3) is 5.21. The smallest absolute Gasteiger partial charge is 0.318 e. The van der Waals surface area contributed by atoms with E-state index in [1.807, 2.05) is 23.1 Å². The number of carbonyl (C=O) groups excluding carboxylic acids is 1. The Balaban J connectivity index is 1.27. The van der Waals surface area contributed by atoms with Gasteiger partial charge in [0.15, 0.2) is 0 Å². The van der Waals surface area contributed by atoms with Crippen molar-refractivity contribution in [3.63, 3.8) is 0 Å². The van der Waals surface area contributed by atoms with Gasteiger partial charge in [-0.2, -0.15) is 9.97 Å². The molecule has 3 aliphatic rings. The molecule has 2 N–H and O–H groups in total. The molecule has 0 radical (unpaired) electrons. The van der Waals surface area contributed by atoms with Gasteiger partial charge in [0.05, 0.1) is 5.69 Å². The number of rotatable bonds is 7. The van der Waals surface area contributed by atoms with E-state index in [1.165, 1.54) is 22.9 Å². The first-order valence-corrected chi connectivity index (χ1v) is 13.9. The Morgan fingerprint density at radius 1 is 1.03 bits per heavy atom. The molecule has 8 heteroatoms. The van der Waals surface area contributed by atoms with Crippen molar-refractivity contribution in [3.8, 4) is 6.01 Å². The number of amides is 1. The van der Waals surface area contributed by atoms with Gasteiger partial charge in [0.25, 0.3) is 0 Å². The fourth-order valence-corrected chi connectivity index (χ4v) is 6.15. The molecular weight excluding hydrogens is 488 g/mol. The third-order valence-corrected chi connectivity index (χ3v) is 8.23. The van der Waals surface area contributed by atoms with Crippen LogP contribution >= 0.6 is 0 Å². The van der Waals surface area contributed by atoms with Gasteiger partial charge < -0.3 is 25.2 Å². The number of aromatic nitrogens is 2. The standard InChI is InChI=1S/C31H36N6O2/c1-2-29(38)35-14-16-36(17-15-35)30-26-11-10-25(37-13-12-24-8-3-4-9-28(24)37)19-27(26)33-31(34-30)39-21-23-7-5-6-22(18-23)20-32/h2-9,18,25H,1,10-17,19-21,32H2/t25-/m1/s1. The van der Waals surface area contributed by atoms with E-state index in [0.717, 1.165) is 68.0 Å². The summed E-state index contributed by atoms with van der Waals surface area (Å²) in [4.78, 5) is 28.8. The van der Waals surface area contributed by atoms with Crippen LogP contribution in [0.5, 0.6) is 6.01 Å². The molecule has 0 saturated carbocycles. The van der Waals surface area contributed by atoms with Crippen molar-refractivity contribution in [1.29, 1.82) is 0 Å². The molecule has 1 saturated heterocycles. The summed E-state index contributed by atoms with van der Waals surface area (Å²) in [5.41, 5.74) is 13.0. The van der Waals surface area contributed by atoms with Crippen molar-refractivity contribution in [2.75, 3.05) is 42.5 Å². The fourth-order valence-electron chi connectivity index (χ4n) is 6.15. The van der Waals surface area contributed by atoms with E-state index in [0.29, 0.717) is 38.3 Å². The van der Waals surface area contributed by atoms with Crippen LogP contribution in [0.4, 0.5) is 11.5 Å². The number of carbonyl (C=O) groups is 1. The summed E-state index contributed by atoms with van der Waals surface area (Å²) in [5.74, 6) is 0.938. The number of ether oxygens (including phenoxy) is 1. The van der Waals surface area contributed by atoms with Gasteiger partial charge in [0.2, 0.25) is 5.91 Å². The summed E-state index contributed by atoms with van der Waals surface area (Å²) < 4.78 is 6.20. The molecule has 0 spiro atoms. The third-order valence-electron chi connectivity index (χ3n) is 8.23. The highest BCUT2D eigenvalue weighted by Crippen LogP contribution is 2.36. The average molecular weight is 525 g/mol. The number of benzene rings is 2. The van der Waals surface area contributed by atoms with Crippen LogP contribution in [-0.2, 0) is 37.2 Å². The van der Waals surface area contributed by atoms with Crippen LogP contribution in [-0.4, -0.2) is 59.5 Å². The van der Waals surface area contributed by atoms with Gasteiger partial charge in [0.1, 0.15) is 12.4 Å². The van der Waals surface area contributed by atoms with Crippen LogP contribution < -0.4 is 20.3 Å².